The lowest BCUT2D eigenvalue weighted by Crippen LogP contribution is -2.42. The van der Waals surface area contributed by atoms with Crippen LogP contribution in [0.3, 0.4) is 0 Å². The number of hydrogen-bond donors (Lipinski definition) is 2. The molecule has 0 aromatic rings. The van der Waals surface area contributed by atoms with Crippen molar-refractivity contribution in [1.82, 2.24) is 20.4 Å². The van der Waals surface area contributed by atoms with E-state index < -0.39 is 0 Å². The molecular formula is C10H20N4. The van der Waals surface area contributed by atoms with Crippen molar-refractivity contribution in [1.29, 1.82) is 0 Å². The molecule has 2 aliphatic rings. The van der Waals surface area contributed by atoms with Crippen LogP contribution < -0.4 is 10.6 Å². The summed E-state index contributed by atoms with van der Waals surface area (Å²) in [7, 11) is 0. The molecule has 0 spiro atoms. The van der Waals surface area contributed by atoms with Gasteiger partial charge in [-0.15, -0.1) is 0 Å². The normalized spacial score (nSPS) is 24.6. The van der Waals surface area contributed by atoms with Crippen LogP contribution >= 0.6 is 0 Å². The average molecular weight is 196 g/mol. The van der Waals surface area contributed by atoms with Crippen LogP contribution in [0.4, 0.5) is 0 Å². The van der Waals surface area contributed by atoms with E-state index in [0.29, 0.717) is 0 Å². The van der Waals surface area contributed by atoms with Crippen LogP contribution in [0, 0.1) is 0 Å². The fourth-order valence-corrected chi connectivity index (χ4v) is 1.85. The topological polar surface area (TPSA) is 30.5 Å². The van der Waals surface area contributed by atoms with Crippen molar-refractivity contribution >= 4 is 0 Å². The molecule has 2 fully saturated rings. The van der Waals surface area contributed by atoms with E-state index in [0.717, 1.165) is 52.4 Å². The number of hydrogen-bond acceptors (Lipinski definition) is 4. The van der Waals surface area contributed by atoms with Gasteiger partial charge >= 0.3 is 0 Å². The van der Waals surface area contributed by atoms with E-state index in [1.165, 1.54) is 0 Å². The molecule has 0 aromatic heterocycles. The van der Waals surface area contributed by atoms with Crippen molar-refractivity contribution < 1.29 is 0 Å². The Morgan fingerprint density at radius 3 is 1.36 bits per heavy atom. The Morgan fingerprint density at radius 1 is 0.643 bits per heavy atom. The minimum Gasteiger partial charge on any atom is -0.374 e. The van der Waals surface area contributed by atoms with Gasteiger partial charge in [-0.05, 0) is 0 Å². The summed E-state index contributed by atoms with van der Waals surface area (Å²) in [6.45, 7) is 9.03. The summed E-state index contributed by atoms with van der Waals surface area (Å²) in [4.78, 5) is 4.77. The molecule has 0 aromatic carbocycles. The summed E-state index contributed by atoms with van der Waals surface area (Å²) in [5.41, 5.74) is 0. The third-order valence-electron chi connectivity index (χ3n) is 2.79. The maximum Gasteiger partial charge on any atom is 0.0298 e. The second-order valence-corrected chi connectivity index (χ2v) is 3.87. The van der Waals surface area contributed by atoms with Gasteiger partial charge in [0, 0.05) is 64.8 Å². The zero-order valence-electron chi connectivity index (χ0n) is 8.71. The van der Waals surface area contributed by atoms with Crippen LogP contribution in [-0.2, 0) is 0 Å². The highest BCUT2D eigenvalue weighted by molar-refractivity contribution is 4.87. The average Bonchev–Trinajstić information content (AvgIpc) is 2.29. The first-order chi connectivity index (χ1) is 6.95. The number of rotatable bonds is 2. The Bertz CT molecular complexity index is 161. The SMILES string of the molecule is C(=CN1CCNCC1)N1CCNCC1. The maximum absolute atomic E-state index is 3.35. The third-order valence-corrected chi connectivity index (χ3v) is 2.79. The molecule has 2 aliphatic heterocycles. The molecule has 0 saturated carbocycles. The Hall–Kier alpha value is -0.740. The predicted octanol–water partition coefficient (Wildman–Crippen LogP) is -0.732. The summed E-state index contributed by atoms with van der Waals surface area (Å²) in [6, 6.07) is 0. The molecule has 14 heavy (non-hydrogen) atoms. The fraction of sp³-hybridized carbons (Fsp3) is 0.800. The summed E-state index contributed by atoms with van der Waals surface area (Å²) >= 11 is 0. The standard InChI is InChI=1S/C10H20N4/c1-5-13(6-2-11-1)9-10-14-7-3-12-4-8-14/h9-12H,1-8H2. The van der Waals surface area contributed by atoms with Crippen LogP contribution in [0.15, 0.2) is 12.4 Å². The van der Waals surface area contributed by atoms with Gasteiger partial charge in [0.15, 0.2) is 0 Å². The van der Waals surface area contributed by atoms with E-state index in [1.807, 2.05) is 0 Å². The van der Waals surface area contributed by atoms with Crippen molar-refractivity contribution in [2.24, 2.45) is 0 Å². The van der Waals surface area contributed by atoms with Gasteiger partial charge in [0.2, 0.25) is 0 Å². The zero-order chi connectivity index (χ0) is 9.64. The molecule has 0 unspecified atom stereocenters. The van der Waals surface area contributed by atoms with E-state index in [1.54, 1.807) is 0 Å². The molecule has 0 amide bonds. The molecule has 0 atom stereocenters. The quantitative estimate of drug-likeness (QED) is 0.609. The van der Waals surface area contributed by atoms with Gasteiger partial charge in [0.1, 0.15) is 0 Å². The Kier molecular flexibility index (Phi) is 3.65. The third kappa shape index (κ3) is 2.89. The number of nitrogens with zero attached hydrogens (tertiary/aromatic N) is 2. The van der Waals surface area contributed by atoms with Crippen molar-refractivity contribution in [3.05, 3.63) is 12.4 Å². The van der Waals surface area contributed by atoms with Gasteiger partial charge in [-0.1, -0.05) is 0 Å². The van der Waals surface area contributed by atoms with Crippen molar-refractivity contribution in [3.8, 4) is 0 Å². The summed E-state index contributed by atoms with van der Waals surface area (Å²) in [6.07, 6.45) is 4.48. The fourth-order valence-electron chi connectivity index (χ4n) is 1.85. The first-order valence-corrected chi connectivity index (χ1v) is 5.53. The van der Waals surface area contributed by atoms with E-state index in [-0.39, 0.29) is 0 Å². The predicted molar refractivity (Wildman–Crippen MR) is 58.0 cm³/mol. The van der Waals surface area contributed by atoms with Gasteiger partial charge in [-0.2, -0.15) is 0 Å². The van der Waals surface area contributed by atoms with Crippen LogP contribution in [-0.4, -0.2) is 62.2 Å². The molecular weight excluding hydrogens is 176 g/mol. The van der Waals surface area contributed by atoms with E-state index >= 15 is 0 Å². The first kappa shape index (κ1) is 9.80. The minimum absolute atomic E-state index is 1.12. The maximum atomic E-state index is 3.35. The molecule has 0 radical (unpaired) electrons. The largest absolute Gasteiger partial charge is 0.374 e. The highest BCUT2D eigenvalue weighted by Gasteiger charge is 2.07. The molecule has 2 N–H and O–H groups in total. The Labute approximate surface area is 85.9 Å². The van der Waals surface area contributed by atoms with Crippen molar-refractivity contribution in [2.45, 2.75) is 0 Å². The lowest BCUT2D eigenvalue weighted by molar-refractivity contribution is 0.295. The minimum atomic E-state index is 1.12. The molecule has 4 heteroatoms. The van der Waals surface area contributed by atoms with Crippen molar-refractivity contribution in [3.63, 3.8) is 0 Å². The van der Waals surface area contributed by atoms with Gasteiger partial charge in [-0.3, -0.25) is 0 Å². The number of piperazine rings is 2. The number of nitrogens with one attached hydrogen (secondary N) is 2. The van der Waals surface area contributed by atoms with Gasteiger partial charge in [0.05, 0.1) is 0 Å². The molecule has 80 valence electrons. The second kappa shape index (κ2) is 5.22. The van der Waals surface area contributed by atoms with Gasteiger partial charge in [0.25, 0.3) is 0 Å². The molecule has 0 aliphatic carbocycles. The lowest BCUT2D eigenvalue weighted by atomic mass is 10.3. The van der Waals surface area contributed by atoms with E-state index in [9.17, 15) is 0 Å². The molecule has 2 heterocycles. The Morgan fingerprint density at radius 2 is 1.00 bits per heavy atom. The summed E-state index contributed by atoms with van der Waals surface area (Å²) in [5, 5.41) is 6.71. The first-order valence-electron chi connectivity index (χ1n) is 5.53. The highest BCUT2D eigenvalue weighted by atomic mass is 15.2. The van der Waals surface area contributed by atoms with Crippen LogP contribution in [0.25, 0.3) is 0 Å². The molecule has 4 nitrogen and oxygen atoms in total. The second-order valence-electron chi connectivity index (χ2n) is 3.87. The monoisotopic (exact) mass is 196 g/mol. The smallest absolute Gasteiger partial charge is 0.0298 e. The van der Waals surface area contributed by atoms with E-state index in [4.69, 9.17) is 0 Å². The zero-order valence-corrected chi connectivity index (χ0v) is 8.71. The van der Waals surface area contributed by atoms with Gasteiger partial charge < -0.3 is 20.4 Å². The van der Waals surface area contributed by atoms with Gasteiger partial charge in [-0.25, -0.2) is 0 Å². The van der Waals surface area contributed by atoms with Crippen LogP contribution in [0.2, 0.25) is 0 Å². The van der Waals surface area contributed by atoms with E-state index in [2.05, 4.69) is 32.8 Å². The lowest BCUT2D eigenvalue weighted by Gasteiger charge is -2.29. The molecule has 2 rings (SSSR count). The highest BCUT2D eigenvalue weighted by Crippen LogP contribution is 1.97. The van der Waals surface area contributed by atoms with Crippen LogP contribution in [0.1, 0.15) is 0 Å². The summed E-state index contributed by atoms with van der Waals surface area (Å²) < 4.78 is 0. The molecule has 0 bridgehead atoms. The Balaban J connectivity index is 1.73. The summed E-state index contributed by atoms with van der Waals surface area (Å²) in [5.74, 6) is 0. The van der Waals surface area contributed by atoms with Crippen LogP contribution in [0.5, 0.6) is 0 Å². The molecule has 2 saturated heterocycles. The van der Waals surface area contributed by atoms with Crippen molar-refractivity contribution in [2.75, 3.05) is 52.4 Å².